The highest BCUT2D eigenvalue weighted by Gasteiger charge is 2.07. The Morgan fingerprint density at radius 3 is 2.50 bits per heavy atom. The van der Waals surface area contributed by atoms with Gasteiger partial charge in [0.05, 0.1) is 19.3 Å². The quantitative estimate of drug-likeness (QED) is 0.571. The van der Waals surface area contributed by atoms with Crippen LogP contribution in [0, 0.1) is 0 Å². The fourth-order valence-corrected chi connectivity index (χ4v) is 2.48. The molecule has 0 aromatic heterocycles. The Bertz CT molecular complexity index is 540. The number of sulfone groups is 1. The summed E-state index contributed by atoms with van der Waals surface area (Å²) < 4.78 is 26.7. The third kappa shape index (κ3) is 6.68. The first-order valence-electron chi connectivity index (χ1n) is 6.44. The fourth-order valence-electron chi connectivity index (χ4n) is 1.81. The molecule has 0 aliphatic carbocycles. The first-order valence-corrected chi connectivity index (χ1v) is 8.50. The molecule has 0 unspecified atom stereocenters. The van der Waals surface area contributed by atoms with Gasteiger partial charge in [0.1, 0.15) is 9.84 Å². The Morgan fingerprint density at radius 1 is 1.25 bits per heavy atom. The number of carbonyl (C=O) groups is 1. The molecule has 0 aliphatic heterocycles. The minimum atomic E-state index is -2.90. The molecule has 0 radical (unpaired) electrons. The Balaban J connectivity index is 2.45. The molecule has 1 aromatic carbocycles. The van der Waals surface area contributed by atoms with Crippen LogP contribution in [0.3, 0.4) is 0 Å². The van der Waals surface area contributed by atoms with E-state index in [4.69, 9.17) is 0 Å². The highest BCUT2D eigenvalue weighted by atomic mass is 32.2. The average molecular weight is 299 g/mol. The Labute approximate surface area is 120 Å². The van der Waals surface area contributed by atoms with Crippen molar-refractivity contribution in [1.29, 1.82) is 0 Å². The van der Waals surface area contributed by atoms with E-state index in [1.807, 2.05) is 24.3 Å². The third-order valence-electron chi connectivity index (χ3n) is 2.86. The second-order valence-electron chi connectivity index (χ2n) is 4.68. The molecule has 0 fully saturated rings. The first kappa shape index (κ1) is 16.7. The van der Waals surface area contributed by atoms with Gasteiger partial charge in [-0.05, 0) is 24.1 Å². The van der Waals surface area contributed by atoms with Crippen molar-refractivity contribution in [1.82, 2.24) is 5.32 Å². The van der Waals surface area contributed by atoms with Crippen LogP contribution >= 0.6 is 0 Å². The van der Waals surface area contributed by atoms with Crippen molar-refractivity contribution < 1.29 is 17.9 Å². The van der Waals surface area contributed by atoms with Gasteiger partial charge in [-0.3, -0.25) is 4.79 Å². The number of rotatable bonds is 8. The van der Waals surface area contributed by atoms with Gasteiger partial charge in [0.15, 0.2) is 0 Å². The summed E-state index contributed by atoms with van der Waals surface area (Å²) in [5, 5.41) is 3.19. The number of benzene rings is 1. The summed E-state index contributed by atoms with van der Waals surface area (Å²) in [5.74, 6) is -0.0846. The van der Waals surface area contributed by atoms with E-state index in [0.717, 1.165) is 11.1 Å². The van der Waals surface area contributed by atoms with E-state index in [0.29, 0.717) is 19.5 Å². The van der Waals surface area contributed by atoms with E-state index in [-0.39, 0.29) is 18.1 Å². The zero-order chi connectivity index (χ0) is 15.0. The van der Waals surface area contributed by atoms with E-state index in [9.17, 15) is 13.2 Å². The number of nitrogens with one attached hydrogen (secondary N) is 1. The van der Waals surface area contributed by atoms with Crippen molar-refractivity contribution in [2.45, 2.75) is 19.4 Å². The molecule has 0 amide bonds. The zero-order valence-corrected chi connectivity index (χ0v) is 12.7. The second kappa shape index (κ2) is 8.01. The van der Waals surface area contributed by atoms with Crippen molar-refractivity contribution in [2.75, 3.05) is 25.7 Å². The van der Waals surface area contributed by atoms with Crippen LogP contribution in [0.1, 0.15) is 17.5 Å². The third-order valence-corrected chi connectivity index (χ3v) is 3.90. The van der Waals surface area contributed by atoms with Gasteiger partial charge in [0.2, 0.25) is 0 Å². The zero-order valence-electron chi connectivity index (χ0n) is 11.9. The fraction of sp³-hybridized carbons (Fsp3) is 0.500. The molecule has 112 valence electrons. The SMILES string of the molecule is COC(=O)Cc1ccccc1CNCCCS(C)(=O)=O. The van der Waals surface area contributed by atoms with Crippen LogP contribution in [0.4, 0.5) is 0 Å². The standard InChI is InChI=1S/C14H21NO4S/c1-19-14(16)10-12-6-3-4-7-13(12)11-15-8-5-9-20(2,17)18/h3-4,6-7,15H,5,8-11H2,1-2H3. The molecular weight excluding hydrogens is 278 g/mol. The van der Waals surface area contributed by atoms with Gasteiger partial charge in [-0.25, -0.2) is 8.42 Å². The number of carbonyl (C=O) groups excluding carboxylic acids is 1. The predicted octanol–water partition coefficient (Wildman–Crippen LogP) is 0.926. The normalized spacial score (nSPS) is 11.3. The minimum Gasteiger partial charge on any atom is -0.469 e. The molecule has 0 saturated heterocycles. The molecule has 6 heteroatoms. The van der Waals surface area contributed by atoms with E-state index < -0.39 is 9.84 Å². The summed E-state index contributed by atoms with van der Waals surface area (Å²) in [5.41, 5.74) is 1.95. The largest absolute Gasteiger partial charge is 0.469 e. The van der Waals surface area contributed by atoms with Gasteiger partial charge in [-0.1, -0.05) is 24.3 Å². The Hall–Kier alpha value is -1.40. The van der Waals surface area contributed by atoms with Crippen LogP contribution in [0.25, 0.3) is 0 Å². The van der Waals surface area contributed by atoms with Gasteiger partial charge in [0, 0.05) is 12.8 Å². The lowest BCUT2D eigenvalue weighted by molar-refractivity contribution is -0.139. The number of ether oxygens (including phenoxy) is 1. The van der Waals surface area contributed by atoms with Gasteiger partial charge in [-0.2, -0.15) is 0 Å². The van der Waals surface area contributed by atoms with E-state index in [2.05, 4.69) is 10.1 Å². The molecule has 0 aliphatic rings. The van der Waals surface area contributed by atoms with E-state index >= 15 is 0 Å². The van der Waals surface area contributed by atoms with Gasteiger partial charge >= 0.3 is 5.97 Å². The van der Waals surface area contributed by atoms with Crippen molar-refractivity contribution >= 4 is 15.8 Å². The summed E-state index contributed by atoms with van der Waals surface area (Å²) in [4.78, 5) is 11.3. The molecule has 0 spiro atoms. The van der Waals surface area contributed by atoms with Gasteiger partial charge < -0.3 is 10.1 Å². The molecule has 1 N–H and O–H groups in total. The molecule has 0 saturated carbocycles. The Kier molecular flexibility index (Phi) is 6.67. The van der Waals surface area contributed by atoms with E-state index in [1.165, 1.54) is 13.4 Å². The van der Waals surface area contributed by atoms with Crippen molar-refractivity contribution in [3.05, 3.63) is 35.4 Å². The second-order valence-corrected chi connectivity index (χ2v) is 6.94. The van der Waals surface area contributed by atoms with Crippen LogP contribution in [0.2, 0.25) is 0 Å². The van der Waals surface area contributed by atoms with Crippen molar-refractivity contribution in [2.24, 2.45) is 0 Å². The smallest absolute Gasteiger partial charge is 0.309 e. The Morgan fingerprint density at radius 2 is 1.90 bits per heavy atom. The summed E-state index contributed by atoms with van der Waals surface area (Å²) in [6.07, 6.45) is 2.06. The summed E-state index contributed by atoms with van der Waals surface area (Å²) in [6, 6.07) is 7.63. The molecule has 20 heavy (non-hydrogen) atoms. The number of hydrogen-bond donors (Lipinski definition) is 1. The van der Waals surface area contributed by atoms with Crippen LogP contribution < -0.4 is 5.32 Å². The average Bonchev–Trinajstić information content (AvgIpc) is 2.38. The lowest BCUT2D eigenvalue weighted by atomic mass is 10.0. The monoisotopic (exact) mass is 299 g/mol. The molecule has 1 aromatic rings. The molecule has 0 bridgehead atoms. The lowest BCUT2D eigenvalue weighted by Crippen LogP contribution is -2.19. The maximum Gasteiger partial charge on any atom is 0.309 e. The van der Waals surface area contributed by atoms with Gasteiger partial charge in [0.25, 0.3) is 0 Å². The van der Waals surface area contributed by atoms with Crippen LogP contribution in [-0.4, -0.2) is 40.1 Å². The van der Waals surface area contributed by atoms with Crippen LogP contribution in [0.15, 0.2) is 24.3 Å². The van der Waals surface area contributed by atoms with Crippen LogP contribution in [0.5, 0.6) is 0 Å². The molecule has 1 rings (SSSR count). The van der Waals surface area contributed by atoms with Gasteiger partial charge in [-0.15, -0.1) is 0 Å². The minimum absolute atomic E-state index is 0.184. The number of methoxy groups -OCH3 is 1. The van der Waals surface area contributed by atoms with Crippen molar-refractivity contribution in [3.63, 3.8) is 0 Å². The maximum absolute atomic E-state index is 11.3. The van der Waals surface area contributed by atoms with Crippen LogP contribution in [-0.2, 0) is 32.3 Å². The van der Waals surface area contributed by atoms with E-state index in [1.54, 1.807) is 0 Å². The highest BCUT2D eigenvalue weighted by molar-refractivity contribution is 7.90. The first-order chi connectivity index (χ1) is 9.42. The molecular formula is C14H21NO4S. The topological polar surface area (TPSA) is 72.5 Å². The summed E-state index contributed by atoms with van der Waals surface area (Å²) >= 11 is 0. The van der Waals surface area contributed by atoms with Crippen molar-refractivity contribution in [3.8, 4) is 0 Å². The summed E-state index contributed by atoms with van der Waals surface area (Å²) in [6.45, 7) is 1.23. The maximum atomic E-state index is 11.3. The predicted molar refractivity (Wildman–Crippen MR) is 78.2 cm³/mol. The molecule has 5 nitrogen and oxygen atoms in total. The number of hydrogen-bond acceptors (Lipinski definition) is 5. The molecule has 0 heterocycles. The number of esters is 1. The highest BCUT2D eigenvalue weighted by Crippen LogP contribution is 2.10. The molecule has 0 atom stereocenters. The lowest BCUT2D eigenvalue weighted by Gasteiger charge is -2.09. The summed E-state index contributed by atoms with van der Waals surface area (Å²) in [7, 11) is -1.53.